The van der Waals surface area contributed by atoms with Gasteiger partial charge in [-0.15, -0.1) is 0 Å². The molecule has 35 heavy (non-hydrogen) atoms. The highest BCUT2D eigenvalue weighted by molar-refractivity contribution is 5.92. The van der Waals surface area contributed by atoms with Crippen molar-refractivity contribution >= 4 is 17.9 Å². The van der Waals surface area contributed by atoms with Crippen LogP contribution in [0.3, 0.4) is 0 Å². The summed E-state index contributed by atoms with van der Waals surface area (Å²) in [6.07, 6.45) is 4.10. The molecule has 3 amide bonds. The number of benzene rings is 1. The molecule has 4 N–H and O–H groups in total. The first-order chi connectivity index (χ1) is 16.4. The number of hydrogen-bond donors (Lipinski definition) is 4. The van der Waals surface area contributed by atoms with Crippen LogP contribution in [0.5, 0.6) is 5.75 Å². The first kappa shape index (κ1) is 28.4. The summed E-state index contributed by atoms with van der Waals surface area (Å²) in [7, 11) is 0. The zero-order valence-corrected chi connectivity index (χ0v) is 21.5. The lowest BCUT2D eigenvalue weighted by Crippen LogP contribution is -2.56. The highest BCUT2D eigenvalue weighted by atomic mass is 16.6. The molecule has 2 atom stereocenters. The summed E-state index contributed by atoms with van der Waals surface area (Å²) in [4.78, 5) is 41.1. The average Bonchev–Trinajstić information content (AvgIpc) is 2.77. The zero-order chi connectivity index (χ0) is 26.2. The molecule has 1 aliphatic rings. The number of rotatable bonds is 9. The molecule has 1 saturated carbocycles. The molecule has 196 valence electrons. The molecule has 1 fully saturated rings. The topological polar surface area (TPSA) is 128 Å². The molecule has 0 spiro atoms. The molecular formula is C26H41N3O6. The van der Waals surface area contributed by atoms with Crippen molar-refractivity contribution in [2.45, 2.75) is 90.4 Å². The SMILES string of the molecule is CC(C)C(NC(=O)OC(C)(C)C)C(=O)N(CCO)C(C(=O)NC1CCCCC1)c1ccccc1O. The number of carbonyl (C=O) groups is 3. The van der Waals surface area contributed by atoms with Crippen LogP contribution in [0.1, 0.15) is 78.3 Å². The van der Waals surface area contributed by atoms with Crippen LogP contribution < -0.4 is 10.6 Å². The zero-order valence-electron chi connectivity index (χ0n) is 21.5. The summed E-state index contributed by atoms with van der Waals surface area (Å²) in [5.74, 6) is -1.44. The standard InChI is InChI=1S/C26H41N3O6/c1-17(2)21(28-25(34)35-26(3,4)5)24(33)29(15-16-30)22(19-13-9-10-14-20(19)31)23(32)27-18-11-7-6-8-12-18/h9-10,13-14,17-18,21-22,30-31H,6-8,11-12,15-16H2,1-5H3,(H,27,32)(H,28,34). The van der Waals surface area contributed by atoms with Crippen LogP contribution in [0, 0.1) is 5.92 Å². The lowest BCUT2D eigenvalue weighted by molar-refractivity contribution is -0.144. The van der Waals surface area contributed by atoms with Gasteiger partial charge in [-0.3, -0.25) is 9.59 Å². The second-order valence-electron chi connectivity index (χ2n) is 10.4. The quantitative estimate of drug-likeness (QED) is 0.420. The van der Waals surface area contributed by atoms with E-state index < -0.39 is 42.2 Å². The van der Waals surface area contributed by atoms with Crippen molar-refractivity contribution < 1.29 is 29.3 Å². The van der Waals surface area contributed by atoms with Crippen LogP contribution in [-0.2, 0) is 14.3 Å². The number of phenolic OH excluding ortho intramolecular Hbond substituents is 1. The fourth-order valence-corrected chi connectivity index (χ4v) is 4.30. The minimum Gasteiger partial charge on any atom is -0.508 e. The maximum absolute atomic E-state index is 13.8. The number of aliphatic hydroxyl groups excluding tert-OH is 1. The maximum Gasteiger partial charge on any atom is 0.408 e. The second-order valence-corrected chi connectivity index (χ2v) is 10.4. The van der Waals surface area contributed by atoms with Crippen molar-refractivity contribution in [3.05, 3.63) is 29.8 Å². The van der Waals surface area contributed by atoms with Crippen LogP contribution in [0.2, 0.25) is 0 Å². The molecule has 9 nitrogen and oxygen atoms in total. The van der Waals surface area contributed by atoms with E-state index in [1.807, 2.05) is 0 Å². The molecular weight excluding hydrogens is 450 g/mol. The van der Waals surface area contributed by atoms with Gasteiger partial charge < -0.3 is 30.5 Å². The molecule has 2 unspecified atom stereocenters. The van der Waals surface area contributed by atoms with E-state index in [4.69, 9.17) is 4.74 Å². The van der Waals surface area contributed by atoms with Gasteiger partial charge in [0.15, 0.2) is 0 Å². The van der Waals surface area contributed by atoms with Crippen molar-refractivity contribution in [2.75, 3.05) is 13.2 Å². The Labute approximate surface area is 208 Å². The van der Waals surface area contributed by atoms with Crippen molar-refractivity contribution in [2.24, 2.45) is 5.92 Å². The third-order valence-electron chi connectivity index (χ3n) is 5.97. The summed E-state index contributed by atoms with van der Waals surface area (Å²) in [5, 5.41) is 26.1. The van der Waals surface area contributed by atoms with Gasteiger partial charge in [-0.1, -0.05) is 51.3 Å². The van der Waals surface area contributed by atoms with Crippen LogP contribution in [-0.4, -0.2) is 63.9 Å². The Hall–Kier alpha value is -2.81. The number of aliphatic hydroxyl groups is 1. The summed E-state index contributed by atoms with van der Waals surface area (Å²) >= 11 is 0. The van der Waals surface area contributed by atoms with Crippen molar-refractivity contribution in [1.82, 2.24) is 15.5 Å². The van der Waals surface area contributed by atoms with Crippen LogP contribution in [0.25, 0.3) is 0 Å². The first-order valence-corrected chi connectivity index (χ1v) is 12.4. The fourth-order valence-electron chi connectivity index (χ4n) is 4.30. The lowest BCUT2D eigenvalue weighted by Gasteiger charge is -2.36. The predicted octanol–water partition coefficient (Wildman–Crippen LogP) is 3.25. The van der Waals surface area contributed by atoms with Gasteiger partial charge in [-0.25, -0.2) is 4.79 Å². The number of ether oxygens (including phenoxy) is 1. The van der Waals surface area contributed by atoms with Crippen molar-refractivity contribution in [3.8, 4) is 5.75 Å². The average molecular weight is 492 g/mol. The van der Waals surface area contributed by atoms with Gasteiger partial charge in [0, 0.05) is 18.2 Å². The number of carbonyl (C=O) groups excluding carboxylic acids is 3. The normalized spacial score (nSPS) is 16.3. The Morgan fingerprint density at radius 2 is 1.74 bits per heavy atom. The number of phenols is 1. The molecule has 1 aromatic rings. The van der Waals surface area contributed by atoms with Crippen molar-refractivity contribution in [1.29, 1.82) is 0 Å². The maximum atomic E-state index is 13.8. The summed E-state index contributed by atoms with van der Waals surface area (Å²) in [6, 6.07) is 4.15. The Morgan fingerprint density at radius 1 is 1.11 bits per heavy atom. The summed E-state index contributed by atoms with van der Waals surface area (Å²) in [5.41, 5.74) is -0.500. The van der Waals surface area contributed by atoms with Gasteiger partial charge in [0.2, 0.25) is 11.8 Å². The first-order valence-electron chi connectivity index (χ1n) is 12.4. The van der Waals surface area contributed by atoms with Gasteiger partial charge in [-0.2, -0.15) is 0 Å². The van der Waals surface area contributed by atoms with E-state index in [2.05, 4.69) is 10.6 Å². The monoisotopic (exact) mass is 491 g/mol. The smallest absolute Gasteiger partial charge is 0.408 e. The summed E-state index contributed by atoms with van der Waals surface area (Å²) < 4.78 is 5.33. The number of nitrogens with one attached hydrogen (secondary N) is 2. The third kappa shape index (κ3) is 8.42. The highest BCUT2D eigenvalue weighted by Gasteiger charge is 2.38. The van der Waals surface area contributed by atoms with E-state index in [1.165, 1.54) is 11.0 Å². The molecule has 1 aliphatic carbocycles. The predicted molar refractivity (Wildman–Crippen MR) is 133 cm³/mol. The molecule has 0 radical (unpaired) electrons. The lowest BCUT2D eigenvalue weighted by atomic mass is 9.94. The van der Waals surface area contributed by atoms with E-state index in [9.17, 15) is 24.6 Å². The van der Waals surface area contributed by atoms with E-state index in [0.717, 1.165) is 32.1 Å². The summed E-state index contributed by atoms with van der Waals surface area (Å²) in [6.45, 7) is 8.16. The number of aromatic hydroxyl groups is 1. The van der Waals surface area contributed by atoms with Gasteiger partial charge in [0.05, 0.1) is 6.61 Å². The molecule has 0 bridgehead atoms. The van der Waals surface area contributed by atoms with Gasteiger partial charge in [-0.05, 0) is 45.6 Å². The molecule has 0 heterocycles. The molecule has 0 aromatic heterocycles. The van der Waals surface area contributed by atoms with Crippen LogP contribution in [0.15, 0.2) is 24.3 Å². The number of nitrogens with zero attached hydrogens (tertiary/aromatic N) is 1. The fraction of sp³-hybridized carbons (Fsp3) is 0.654. The van der Waals surface area contributed by atoms with E-state index >= 15 is 0 Å². The van der Waals surface area contributed by atoms with Crippen LogP contribution in [0.4, 0.5) is 4.79 Å². The number of para-hydroxylation sites is 1. The largest absolute Gasteiger partial charge is 0.508 e. The number of alkyl carbamates (subject to hydrolysis) is 1. The number of amides is 3. The van der Waals surface area contributed by atoms with Gasteiger partial charge >= 0.3 is 6.09 Å². The van der Waals surface area contributed by atoms with Crippen LogP contribution >= 0.6 is 0 Å². The Kier molecular flexibility index (Phi) is 10.4. The van der Waals surface area contributed by atoms with Gasteiger partial charge in [0.1, 0.15) is 23.4 Å². The van der Waals surface area contributed by atoms with E-state index in [1.54, 1.807) is 52.8 Å². The second kappa shape index (κ2) is 12.8. The molecule has 2 rings (SSSR count). The Bertz CT molecular complexity index is 861. The molecule has 0 aliphatic heterocycles. The third-order valence-corrected chi connectivity index (χ3v) is 5.97. The van der Waals surface area contributed by atoms with Gasteiger partial charge in [0.25, 0.3) is 0 Å². The molecule has 0 saturated heterocycles. The number of hydrogen-bond acceptors (Lipinski definition) is 6. The van der Waals surface area contributed by atoms with E-state index in [-0.39, 0.29) is 29.8 Å². The van der Waals surface area contributed by atoms with E-state index in [0.29, 0.717) is 0 Å². The Balaban J connectivity index is 2.41. The minimum atomic E-state index is -1.18. The molecule has 1 aromatic carbocycles. The van der Waals surface area contributed by atoms with Crippen molar-refractivity contribution in [3.63, 3.8) is 0 Å². The highest BCUT2D eigenvalue weighted by Crippen LogP contribution is 2.31. The Morgan fingerprint density at radius 3 is 2.29 bits per heavy atom. The minimum absolute atomic E-state index is 0.0172. The molecule has 9 heteroatoms.